The minimum absolute atomic E-state index is 0.227. The monoisotopic (exact) mass is 253 g/mol. The van der Waals surface area contributed by atoms with E-state index in [0.717, 1.165) is 18.0 Å². The van der Waals surface area contributed by atoms with Gasteiger partial charge in [0.05, 0.1) is 7.11 Å². The quantitative estimate of drug-likeness (QED) is 0.618. The molecule has 96 valence electrons. The van der Waals surface area contributed by atoms with Crippen molar-refractivity contribution in [2.75, 3.05) is 19.4 Å². The molecule has 1 aromatic rings. The Morgan fingerprint density at radius 2 is 1.82 bits per heavy atom. The molecule has 0 spiro atoms. The Labute approximate surface area is 109 Å². The molecule has 3 heteroatoms. The number of ether oxygens (including phenoxy) is 1. The van der Waals surface area contributed by atoms with Crippen LogP contribution in [0.2, 0.25) is 0 Å². The predicted molar refractivity (Wildman–Crippen MR) is 76.1 cm³/mol. The van der Waals surface area contributed by atoms with Crippen LogP contribution in [-0.2, 0) is 0 Å². The molecular formula is C14H23NOS. The highest BCUT2D eigenvalue weighted by Crippen LogP contribution is 2.21. The van der Waals surface area contributed by atoms with Crippen LogP contribution in [0.25, 0.3) is 0 Å². The highest BCUT2D eigenvalue weighted by Gasteiger charge is 2.06. The molecule has 0 aliphatic carbocycles. The maximum atomic E-state index is 5.13. The Morgan fingerprint density at radius 3 is 2.35 bits per heavy atom. The number of methoxy groups -OCH3 is 1. The van der Waals surface area contributed by atoms with Gasteiger partial charge in [0.1, 0.15) is 5.75 Å². The minimum Gasteiger partial charge on any atom is -0.497 e. The summed E-state index contributed by atoms with van der Waals surface area (Å²) in [5.74, 6) is 2.07. The van der Waals surface area contributed by atoms with Crippen molar-refractivity contribution in [2.45, 2.75) is 37.6 Å². The van der Waals surface area contributed by atoms with Crippen LogP contribution < -0.4 is 10.1 Å². The van der Waals surface area contributed by atoms with Crippen molar-refractivity contribution in [3.05, 3.63) is 24.3 Å². The molecule has 1 rings (SSSR count). The summed E-state index contributed by atoms with van der Waals surface area (Å²) in [6.45, 7) is 7.67. The molecule has 0 aromatic heterocycles. The molecule has 1 aromatic carbocycles. The lowest BCUT2D eigenvalue weighted by molar-refractivity contribution is 0.414. The summed E-state index contributed by atoms with van der Waals surface area (Å²) in [4.78, 5) is 1.31. The number of benzene rings is 1. The van der Waals surface area contributed by atoms with E-state index in [1.165, 1.54) is 11.3 Å². The highest BCUT2D eigenvalue weighted by molar-refractivity contribution is 7.99. The molecule has 0 aliphatic rings. The summed E-state index contributed by atoms with van der Waals surface area (Å²) >= 11 is 1.89. The molecule has 0 bridgehead atoms. The maximum Gasteiger partial charge on any atom is 0.118 e. The molecule has 0 heterocycles. The van der Waals surface area contributed by atoms with Gasteiger partial charge in [0.2, 0.25) is 0 Å². The summed E-state index contributed by atoms with van der Waals surface area (Å²) in [6.07, 6.45) is 1.19. The Balaban J connectivity index is 2.18. The first-order valence-electron chi connectivity index (χ1n) is 6.03. The lowest BCUT2D eigenvalue weighted by atomic mass is 10.1. The van der Waals surface area contributed by atoms with Crippen LogP contribution in [0.3, 0.4) is 0 Å². The van der Waals surface area contributed by atoms with Gasteiger partial charge in [-0.15, -0.1) is 11.8 Å². The summed E-state index contributed by atoms with van der Waals surface area (Å²) in [6, 6.07) is 8.24. The predicted octanol–water partition coefficient (Wildman–Crippen LogP) is 3.57. The van der Waals surface area contributed by atoms with Crippen molar-refractivity contribution in [2.24, 2.45) is 0 Å². The number of hydrogen-bond acceptors (Lipinski definition) is 3. The van der Waals surface area contributed by atoms with Gasteiger partial charge in [-0.1, -0.05) is 0 Å². The maximum absolute atomic E-state index is 5.13. The minimum atomic E-state index is 0.227. The summed E-state index contributed by atoms with van der Waals surface area (Å²) in [5, 5.41) is 3.49. The molecule has 0 amide bonds. The zero-order valence-electron chi connectivity index (χ0n) is 11.2. The van der Waals surface area contributed by atoms with Crippen molar-refractivity contribution in [1.82, 2.24) is 5.32 Å². The van der Waals surface area contributed by atoms with Gasteiger partial charge in [-0.3, -0.25) is 0 Å². The normalized spacial score (nSPS) is 11.5. The summed E-state index contributed by atoms with van der Waals surface area (Å²) < 4.78 is 5.13. The van der Waals surface area contributed by atoms with Crippen LogP contribution in [-0.4, -0.2) is 24.9 Å². The fourth-order valence-corrected chi connectivity index (χ4v) is 2.25. The molecule has 0 radical (unpaired) electrons. The first kappa shape index (κ1) is 14.4. The molecule has 0 saturated heterocycles. The van der Waals surface area contributed by atoms with E-state index in [1.807, 2.05) is 23.9 Å². The van der Waals surface area contributed by atoms with Crippen LogP contribution >= 0.6 is 11.8 Å². The van der Waals surface area contributed by atoms with Gasteiger partial charge in [-0.25, -0.2) is 0 Å². The van der Waals surface area contributed by atoms with E-state index >= 15 is 0 Å². The second kappa shape index (κ2) is 6.92. The SMILES string of the molecule is COc1ccc(SCCCNC(C)(C)C)cc1. The molecule has 0 atom stereocenters. The van der Waals surface area contributed by atoms with E-state index in [0.29, 0.717) is 0 Å². The fraction of sp³-hybridized carbons (Fsp3) is 0.571. The average Bonchev–Trinajstić information content (AvgIpc) is 2.28. The lowest BCUT2D eigenvalue weighted by Gasteiger charge is -2.20. The largest absolute Gasteiger partial charge is 0.497 e. The van der Waals surface area contributed by atoms with Gasteiger partial charge in [0, 0.05) is 10.4 Å². The first-order valence-corrected chi connectivity index (χ1v) is 7.02. The molecule has 2 nitrogen and oxygen atoms in total. The van der Waals surface area contributed by atoms with Gasteiger partial charge >= 0.3 is 0 Å². The van der Waals surface area contributed by atoms with Gasteiger partial charge in [-0.2, -0.15) is 0 Å². The zero-order chi connectivity index (χ0) is 12.7. The molecule has 0 unspecified atom stereocenters. The number of hydrogen-bond donors (Lipinski definition) is 1. The van der Waals surface area contributed by atoms with E-state index < -0.39 is 0 Å². The van der Waals surface area contributed by atoms with E-state index in [1.54, 1.807) is 7.11 Å². The molecule has 0 fully saturated rings. The second-order valence-corrected chi connectivity index (χ2v) is 6.22. The van der Waals surface area contributed by atoms with Crippen LogP contribution in [0.1, 0.15) is 27.2 Å². The van der Waals surface area contributed by atoms with Crippen molar-refractivity contribution in [3.63, 3.8) is 0 Å². The van der Waals surface area contributed by atoms with Gasteiger partial charge in [0.15, 0.2) is 0 Å². The summed E-state index contributed by atoms with van der Waals surface area (Å²) in [7, 11) is 1.69. The van der Waals surface area contributed by atoms with Crippen LogP contribution in [0, 0.1) is 0 Å². The molecular weight excluding hydrogens is 230 g/mol. The Morgan fingerprint density at radius 1 is 1.18 bits per heavy atom. The molecule has 0 saturated carbocycles. The summed E-state index contributed by atoms with van der Waals surface area (Å²) in [5.41, 5.74) is 0.227. The highest BCUT2D eigenvalue weighted by atomic mass is 32.2. The number of thioether (sulfide) groups is 1. The second-order valence-electron chi connectivity index (χ2n) is 5.05. The average molecular weight is 253 g/mol. The van der Waals surface area contributed by atoms with Crippen molar-refractivity contribution >= 4 is 11.8 Å². The van der Waals surface area contributed by atoms with Gasteiger partial charge < -0.3 is 10.1 Å². The molecule has 0 aliphatic heterocycles. The zero-order valence-corrected chi connectivity index (χ0v) is 12.1. The van der Waals surface area contributed by atoms with Gasteiger partial charge in [-0.05, 0) is 63.8 Å². The Bertz CT molecular complexity index is 316. The van der Waals surface area contributed by atoms with E-state index in [2.05, 4.69) is 38.2 Å². The van der Waals surface area contributed by atoms with Crippen LogP contribution in [0.15, 0.2) is 29.2 Å². The molecule has 17 heavy (non-hydrogen) atoms. The third-order valence-electron chi connectivity index (χ3n) is 2.30. The Hall–Kier alpha value is -0.670. The first-order chi connectivity index (χ1) is 8.01. The lowest BCUT2D eigenvalue weighted by Crippen LogP contribution is -2.36. The van der Waals surface area contributed by atoms with Crippen molar-refractivity contribution in [3.8, 4) is 5.75 Å². The fourth-order valence-electron chi connectivity index (χ4n) is 1.40. The standard InChI is InChI=1S/C14H23NOS/c1-14(2,3)15-10-5-11-17-13-8-6-12(16-4)7-9-13/h6-9,15H,5,10-11H2,1-4H3. The Kier molecular flexibility index (Phi) is 5.86. The van der Waals surface area contributed by atoms with E-state index in [4.69, 9.17) is 4.74 Å². The third-order valence-corrected chi connectivity index (χ3v) is 3.40. The van der Waals surface area contributed by atoms with E-state index in [9.17, 15) is 0 Å². The third kappa shape index (κ3) is 6.59. The van der Waals surface area contributed by atoms with Crippen LogP contribution in [0.4, 0.5) is 0 Å². The van der Waals surface area contributed by atoms with Crippen molar-refractivity contribution in [1.29, 1.82) is 0 Å². The van der Waals surface area contributed by atoms with E-state index in [-0.39, 0.29) is 5.54 Å². The smallest absolute Gasteiger partial charge is 0.118 e. The number of nitrogens with one attached hydrogen (secondary N) is 1. The van der Waals surface area contributed by atoms with Crippen molar-refractivity contribution < 1.29 is 4.74 Å². The topological polar surface area (TPSA) is 21.3 Å². The molecule has 1 N–H and O–H groups in total. The number of rotatable bonds is 6. The van der Waals surface area contributed by atoms with Gasteiger partial charge in [0.25, 0.3) is 0 Å². The van der Waals surface area contributed by atoms with Crippen LogP contribution in [0.5, 0.6) is 5.75 Å².